The van der Waals surface area contributed by atoms with Crippen molar-refractivity contribution in [3.63, 3.8) is 0 Å². The van der Waals surface area contributed by atoms with Crippen molar-refractivity contribution in [1.82, 2.24) is 9.62 Å². The fourth-order valence-corrected chi connectivity index (χ4v) is 4.25. The van der Waals surface area contributed by atoms with Crippen LogP contribution in [-0.4, -0.2) is 62.1 Å². The van der Waals surface area contributed by atoms with E-state index in [1.165, 1.54) is 12.1 Å². The van der Waals surface area contributed by atoms with Gasteiger partial charge in [-0.2, -0.15) is 4.72 Å². The number of piperidine rings is 1. The number of esters is 1. The average Bonchev–Trinajstić information content (AvgIpc) is 2.64. The lowest BCUT2D eigenvalue weighted by Gasteiger charge is -2.33. The van der Waals surface area contributed by atoms with Gasteiger partial charge in [-0.25, -0.2) is 8.42 Å². The summed E-state index contributed by atoms with van der Waals surface area (Å²) in [4.78, 5) is 25.9. The van der Waals surface area contributed by atoms with Gasteiger partial charge in [-0.1, -0.05) is 15.9 Å². The molecule has 0 bridgehead atoms. The van der Waals surface area contributed by atoms with Crippen molar-refractivity contribution in [2.24, 2.45) is 0 Å². The molecular weight excluding hydrogens is 440 g/mol. The van der Waals surface area contributed by atoms with Gasteiger partial charge in [0.25, 0.3) is 5.91 Å². The summed E-state index contributed by atoms with van der Waals surface area (Å²) in [6.07, 6.45) is 2.84. The standard InChI is InChI=1S/C17H23BrN2O6S/c1-12-4-2-3-9-20(12)16(22)11-26-17(23)15(10-21)19-27(24,25)14-7-5-13(18)6-8-14/h5-8,12,15,19,21H,2-4,9-11H2,1H3. The second-order valence-corrected chi connectivity index (χ2v) is 8.98. The molecule has 2 unspecified atom stereocenters. The highest BCUT2D eigenvalue weighted by Crippen LogP contribution is 2.17. The molecule has 1 saturated heterocycles. The van der Waals surface area contributed by atoms with Crippen molar-refractivity contribution < 1.29 is 27.9 Å². The second kappa shape index (κ2) is 9.63. The number of aliphatic hydroxyl groups excluding tert-OH is 1. The van der Waals surface area contributed by atoms with Crippen LogP contribution in [-0.2, 0) is 24.3 Å². The average molecular weight is 463 g/mol. The molecule has 1 amide bonds. The van der Waals surface area contributed by atoms with Crippen molar-refractivity contribution in [3.8, 4) is 0 Å². The Bertz CT molecular complexity index is 768. The van der Waals surface area contributed by atoms with Gasteiger partial charge in [0.1, 0.15) is 6.04 Å². The molecule has 2 N–H and O–H groups in total. The van der Waals surface area contributed by atoms with Crippen molar-refractivity contribution in [2.75, 3.05) is 19.8 Å². The molecule has 1 aliphatic rings. The number of amides is 1. The monoisotopic (exact) mass is 462 g/mol. The number of halogens is 1. The molecule has 0 aliphatic carbocycles. The summed E-state index contributed by atoms with van der Waals surface area (Å²) in [7, 11) is -4.03. The lowest BCUT2D eigenvalue weighted by atomic mass is 10.0. The van der Waals surface area contributed by atoms with Crippen LogP contribution >= 0.6 is 15.9 Å². The summed E-state index contributed by atoms with van der Waals surface area (Å²) in [5, 5.41) is 9.38. The largest absolute Gasteiger partial charge is 0.454 e. The molecule has 1 aromatic carbocycles. The van der Waals surface area contributed by atoms with E-state index in [9.17, 15) is 23.1 Å². The van der Waals surface area contributed by atoms with E-state index < -0.39 is 35.2 Å². The Kier molecular flexibility index (Phi) is 7.78. The van der Waals surface area contributed by atoms with Crippen LogP contribution in [0.25, 0.3) is 0 Å². The number of ether oxygens (including phenoxy) is 1. The van der Waals surface area contributed by atoms with Crippen molar-refractivity contribution in [3.05, 3.63) is 28.7 Å². The smallest absolute Gasteiger partial charge is 0.327 e. The van der Waals surface area contributed by atoms with E-state index in [4.69, 9.17) is 4.74 Å². The highest BCUT2D eigenvalue weighted by molar-refractivity contribution is 9.10. The molecule has 1 aliphatic heterocycles. The summed E-state index contributed by atoms with van der Waals surface area (Å²) < 4.78 is 32.4. The first kappa shape index (κ1) is 21.8. The highest BCUT2D eigenvalue weighted by Gasteiger charge is 2.29. The molecule has 27 heavy (non-hydrogen) atoms. The fourth-order valence-electron chi connectivity index (χ4n) is 2.81. The molecule has 0 saturated carbocycles. The Morgan fingerprint density at radius 3 is 2.59 bits per heavy atom. The van der Waals surface area contributed by atoms with Gasteiger partial charge in [0.2, 0.25) is 10.0 Å². The van der Waals surface area contributed by atoms with E-state index in [-0.39, 0.29) is 16.8 Å². The summed E-state index contributed by atoms with van der Waals surface area (Å²) in [6.45, 7) is 1.27. The number of hydrogen-bond donors (Lipinski definition) is 2. The van der Waals surface area contributed by atoms with E-state index in [0.29, 0.717) is 11.0 Å². The number of rotatable bonds is 7. The van der Waals surface area contributed by atoms with Crippen molar-refractivity contribution in [1.29, 1.82) is 0 Å². The van der Waals surface area contributed by atoms with Gasteiger partial charge >= 0.3 is 5.97 Å². The molecule has 10 heteroatoms. The van der Waals surface area contributed by atoms with Crippen LogP contribution in [0.5, 0.6) is 0 Å². The van der Waals surface area contributed by atoms with E-state index in [0.717, 1.165) is 19.3 Å². The topological polar surface area (TPSA) is 113 Å². The van der Waals surface area contributed by atoms with Gasteiger partial charge in [-0.15, -0.1) is 0 Å². The van der Waals surface area contributed by atoms with Crippen molar-refractivity contribution >= 4 is 37.8 Å². The molecule has 1 heterocycles. The number of carbonyl (C=O) groups excluding carboxylic acids is 2. The predicted molar refractivity (Wildman–Crippen MR) is 101 cm³/mol. The zero-order valence-corrected chi connectivity index (χ0v) is 17.3. The maximum atomic E-state index is 12.3. The summed E-state index contributed by atoms with van der Waals surface area (Å²) >= 11 is 3.21. The fraction of sp³-hybridized carbons (Fsp3) is 0.529. The van der Waals surface area contributed by atoms with Gasteiger partial charge in [0, 0.05) is 17.1 Å². The molecule has 0 radical (unpaired) electrons. The van der Waals surface area contributed by atoms with Gasteiger partial charge < -0.3 is 14.7 Å². The maximum absolute atomic E-state index is 12.3. The van der Waals surface area contributed by atoms with Gasteiger partial charge in [-0.3, -0.25) is 9.59 Å². The highest BCUT2D eigenvalue weighted by atomic mass is 79.9. The molecule has 150 valence electrons. The van der Waals surface area contributed by atoms with Crippen LogP contribution in [0.15, 0.2) is 33.6 Å². The van der Waals surface area contributed by atoms with Crippen LogP contribution in [0.4, 0.5) is 0 Å². The van der Waals surface area contributed by atoms with Gasteiger partial charge in [-0.05, 0) is 50.5 Å². The third-order valence-electron chi connectivity index (χ3n) is 4.35. The first-order valence-electron chi connectivity index (χ1n) is 8.59. The second-order valence-electron chi connectivity index (χ2n) is 6.35. The number of likely N-dealkylation sites (tertiary alicyclic amines) is 1. The van der Waals surface area contributed by atoms with E-state index in [1.807, 2.05) is 6.92 Å². The number of nitrogens with zero attached hydrogens (tertiary/aromatic N) is 1. The Labute approximate surface area is 167 Å². The third-order valence-corrected chi connectivity index (χ3v) is 6.37. The normalized spacial score (nSPS) is 18.8. The summed E-state index contributed by atoms with van der Waals surface area (Å²) in [5.41, 5.74) is 0. The molecule has 2 atom stereocenters. The van der Waals surface area contributed by atoms with Crippen LogP contribution in [0.3, 0.4) is 0 Å². The minimum absolute atomic E-state index is 0.0600. The maximum Gasteiger partial charge on any atom is 0.327 e. The molecule has 8 nitrogen and oxygen atoms in total. The molecule has 0 aromatic heterocycles. The van der Waals surface area contributed by atoms with Crippen molar-refractivity contribution in [2.45, 2.75) is 43.2 Å². The lowest BCUT2D eigenvalue weighted by molar-refractivity contribution is -0.155. The molecule has 1 aromatic rings. The van der Waals surface area contributed by atoms with E-state index in [1.54, 1.807) is 17.0 Å². The number of benzene rings is 1. The van der Waals surface area contributed by atoms with Crippen LogP contribution < -0.4 is 4.72 Å². The number of hydrogen-bond acceptors (Lipinski definition) is 6. The molecular formula is C17H23BrN2O6S. The quantitative estimate of drug-likeness (QED) is 0.585. The first-order valence-corrected chi connectivity index (χ1v) is 10.9. The molecule has 0 spiro atoms. The Morgan fingerprint density at radius 2 is 2.00 bits per heavy atom. The summed E-state index contributed by atoms with van der Waals surface area (Å²) in [5.74, 6) is -1.33. The first-order chi connectivity index (χ1) is 12.7. The minimum atomic E-state index is -4.03. The number of aliphatic hydroxyl groups is 1. The van der Waals surface area contributed by atoms with Gasteiger partial charge in [0.05, 0.1) is 11.5 Å². The summed E-state index contributed by atoms with van der Waals surface area (Å²) in [6, 6.07) is 4.37. The van der Waals surface area contributed by atoms with Crippen LogP contribution in [0, 0.1) is 0 Å². The van der Waals surface area contributed by atoms with E-state index in [2.05, 4.69) is 20.7 Å². The van der Waals surface area contributed by atoms with Crippen LogP contribution in [0.2, 0.25) is 0 Å². The minimum Gasteiger partial charge on any atom is -0.454 e. The number of sulfonamides is 1. The number of nitrogens with one attached hydrogen (secondary N) is 1. The van der Waals surface area contributed by atoms with Crippen LogP contribution in [0.1, 0.15) is 26.2 Å². The SMILES string of the molecule is CC1CCCCN1C(=O)COC(=O)C(CO)NS(=O)(=O)c1ccc(Br)cc1. The Hall–Kier alpha value is -1.49. The predicted octanol–water partition coefficient (Wildman–Crippen LogP) is 1.03. The van der Waals surface area contributed by atoms with E-state index >= 15 is 0 Å². The lowest BCUT2D eigenvalue weighted by Crippen LogP contribution is -2.47. The molecule has 1 fully saturated rings. The zero-order chi connectivity index (χ0) is 20.0. The third kappa shape index (κ3) is 6.00. The van der Waals surface area contributed by atoms with Gasteiger partial charge in [0.15, 0.2) is 6.61 Å². The zero-order valence-electron chi connectivity index (χ0n) is 14.9. The molecule has 2 rings (SSSR count). The Morgan fingerprint density at radius 1 is 1.33 bits per heavy atom. The Balaban J connectivity index is 1.95. The number of carbonyl (C=O) groups is 2.